The SMILES string of the molecule is CC1(CNCc2ccc(O)c(Cl)c2)CCOCC1. The maximum absolute atomic E-state index is 9.35. The summed E-state index contributed by atoms with van der Waals surface area (Å²) in [6.07, 6.45) is 2.21. The number of rotatable bonds is 4. The molecule has 1 aliphatic heterocycles. The summed E-state index contributed by atoms with van der Waals surface area (Å²) in [6.45, 7) is 5.78. The molecule has 0 atom stereocenters. The highest BCUT2D eigenvalue weighted by molar-refractivity contribution is 6.32. The van der Waals surface area contributed by atoms with Gasteiger partial charge in [0.05, 0.1) is 5.02 Å². The quantitative estimate of drug-likeness (QED) is 0.883. The van der Waals surface area contributed by atoms with Gasteiger partial charge in [-0.2, -0.15) is 0 Å². The number of nitrogens with one attached hydrogen (secondary N) is 1. The van der Waals surface area contributed by atoms with Gasteiger partial charge < -0.3 is 15.2 Å². The van der Waals surface area contributed by atoms with Crippen molar-refractivity contribution in [2.45, 2.75) is 26.3 Å². The van der Waals surface area contributed by atoms with Gasteiger partial charge in [-0.15, -0.1) is 0 Å². The molecule has 0 aromatic heterocycles. The van der Waals surface area contributed by atoms with Gasteiger partial charge in [0.25, 0.3) is 0 Å². The predicted octanol–water partition coefficient (Wildman–Crippen LogP) is 2.95. The van der Waals surface area contributed by atoms with Crippen LogP contribution in [0.2, 0.25) is 5.02 Å². The Kier molecular flexibility index (Phi) is 4.49. The van der Waals surface area contributed by atoms with Gasteiger partial charge in [-0.3, -0.25) is 0 Å². The molecule has 1 fully saturated rings. The lowest BCUT2D eigenvalue weighted by Crippen LogP contribution is -2.36. The Bertz CT molecular complexity index is 403. The molecule has 4 heteroatoms. The highest BCUT2D eigenvalue weighted by atomic mass is 35.5. The van der Waals surface area contributed by atoms with Gasteiger partial charge in [-0.25, -0.2) is 0 Å². The Morgan fingerprint density at radius 1 is 1.39 bits per heavy atom. The molecule has 1 heterocycles. The van der Waals surface area contributed by atoms with Crippen LogP contribution in [0.15, 0.2) is 18.2 Å². The van der Waals surface area contributed by atoms with E-state index in [4.69, 9.17) is 16.3 Å². The van der Waals surface area contributed by atoms with Crippen molar-refractivity contribution < 1.29 is 9.84 Å². The first-order valence-electron chi connectivity index (χ1n) is 6.35. The summed E-state index contributed by atoms with van der Waals surface area (Å²) < 4.78 is 5.39. The molecule has 2 rings (SSSR count). The Labute approximate surface area is 113 Å². The van der Waals surface area contributed by atoms with E-state index in [0.29, 0.717) is 10.4 Å². The number of phenols is 1. The molecule has 18 heavy (non-hydrogen) atoms. The summed E-state index contributed by atoms with van der Waals surface area (Å²) in [7, 11) is 0. The first-order chi connectivity index (χ1) is 8.59. The summed E-state index contributed by atoms with van der Waals surface area (Å²) in [6, 6.07) is 5.33. The Morgan fingerprint density at radius 3 is 2.78 bits per heavy atom. The minimum Gasteiger partial charge on any atom is -0.506 e. The van der Waals surface area contributed by atoms with Gasteiger partial charge >= 0.3 is 0 Å². The zero-order valence-electron chi connectivity index (χ0n) is 10.7. The van der Waals surface area contributed by atoms with E-state index < -0.39 is 0 Å². The van der Waals surface area contributed by atoms with Crippen LogP contribution in [0.4, 0.5) is 0 Å². The summed E-state index contributed by atoms with van der Waals surface area (Å²) in [4.78, 5) is 0. The second kappa shape index (κ2) is 5.91. The van der Waals surface area contributed by atoms with E-state index in [1.165, 1.54) is 0 Å². The number of hydrogen-bond donors (Lipinski definition) is 2. The van der Waals surface area contributed by atoms with E-state index >= 15 is 0 Å². The largest absolute Gasteiger partial charge is 0.506 e. The normalized spacial score (nSPS) is 18.8. The van der Waals surface area contributed by atoms with Crippen molar-refractivity contribution in [2.24, 2.45) is 5.41 Å². The van der Waals surface area contributed by atoms with Crippen molar-refractivity contribution in [3.63, 3.8) is 0 Å². The lowest BCUT2D eigenvalue weighted by atomic mass is 9.82. The monoisotopic (exact) mass is 269 g/mol. The number of benzene rings is 1. The lowest BCUT2D eigenvalue weighted by molar-refractivity contribution is 0.0240. The second-order valence-electron chi connectivity index (χ2n) is 5.31. The smallest absolute Gasteiger partial charge is 0.134 e. The number of hydrogen-bond acceptors (Lipinski definition) is 3. The molecular formula is C14H20ClNO2. The molecule has 0 aliphatic carbocycles. The van der Waals surface area contributed by atoms with E-state index in [2.05, 4.69) is 12.2 Å². The minimum atomic E-state index is 0.136. The fourth-order valence-corrected chi connectivity index (χ4v) is 2.41. The lowest BCUT2D eigenvalue weighted by Gasteiger charge is -2.33. The number of ether oxygens (including phenoxy) is 1. The van der Waals surface area contributed by atoms with Crippen molar-refractivity contribution in [2.75, 3.05) is 19.8 Å². The molecular weight excluding hydrogens is 250 g/mol. The van der Waals surface area contributed by atoms with Crippen LogP contribution in [0.5, 0.6) is 5.75 Å². The van der Waals surface area contributed by atoms with E-state index in [9.17, 15) is 5.11 Å². The standard InChI is InChI=1S/C14H20ClNO2/c1-14(4-6-18-7-5-14)10-16-9-11-2-3-13(17)12(15)8-11/h2-3,8,16-17H,4-7,9-10H2,1H3. The fourth-order valence-electron chi connectivity index (χ4n) is 2.21. The summed E-state index contributed by atoms with van der Waals surface area (Å²) in [5.41, 5.74) is 1.42. The van der Waals surface area contributed by atoms with Crippen molar-refractivity contribution in [3.05, 3.63) is 28.8 Å². The Morgan fingerprint density at radius 2 is 2.11 bits per heavy atom. The molecule has 100 valence electrons. The molecule has 0 saturated carbocycles. The molecule has 1 aliphatic rings. The van der Waals surface area contributed by atoms with Crippen molar-refractivity contribution >= 4 is 11.6 Å². The third-order valence-corrected chi connectivity index (χ3v) is 3.90. The summed E-state index contributed by atoms with van der Waals surface area (Å²) in [5, 5.41) is 13.2. The first kappa shape index (κ1) is 13.7. The number of halogens is 1. The van der Waals surface area contributed by atoms with Gasteiger partial charge in [0.2, 0.25) is 0 Å². The predicted molar refractivity (Wildman–Crippen MR) is 73.0 cm³/mol. The van der Waals surface area contributed by atoms with E-state index in [0.717, 1.165) is 44.7 Å². The van der Waals surface area contributed by atoms with Crippen LogP contribution in [0.25, 0.3) is 0 Å². The van der Waals surface area contributed by atoms with Gasteiger partial charge in [0.15, 0.2) is 0 Å². The Balaban J connectivity index is 1.82. The molecule has 0 spiro atoms. The molecule has 3 nitrogen and oxygen atoms in total. The average molecular weight is 270 g/mol. The second-order valence-corrected chi connectivity index (χ2v) is 5.72. The van der Waals surface area contributed by atoms with Gasteiger partial charge in [-0.1, -0.05) is 24.6 Å². The topological polar surface area (TPSA) is 41.5 Å². The Hall–Kier alpha value is -0.770. The van der Waals surface area contributed by atoms with Crippen LogP contribution in [0.3, 0.4) is 0 Å². The molecule has 0 radical (unpaired) electrons. The van der Waals surface area contributed by atoms with Crippen molar-refractivity contribution in [1.29, 1.82) is 0 Å². The molecule has 0 amide bonds. The number of aromatic hydroxyl groups is 1. The highest BCUT2D eigenvalue weighted by Gasteiger charge is 2.26. The molecule has 2 N–H and O–H groups in total. The van der Waals surface area contributed by atoms with Crippen LogP contribution in [0.1, 0.15) is 25.3 Å². The van der Waals surface area contributed by atoms with Crippen molar-refractivity contribution in [1.82, 2.24) is 5.32 Å². The van der Waals surface area contributed by atoms with Crippen molar-refractivity contribution in [3.8, 4) is 5.75 Å². The molecule has 0 unspecified atom stereocenters. The highest BCUT2D eigenvalue weighted by Crippen LogP contribution is 2.29. The first-order valence-corrected chi connectivity index (χ1v) is 6.73. The minimum absolute atomic E-state index is 0.136. The fraction of sp³-hybridized carbons (Fsp3) is 0.571. The molecule has 1 saturated heterocycles. The average Bonchev–Trinajstić information content (AvgIpc) is 2.34. The van der Waals surface area contributed by atoms with E-state index in [1.807, 2.05) is 6.07 Å². The van der Waals surface area contributed by atoms with E-state index in [1.54, 1.807) is 12.1 Å². The third-order valence-electron chi connectivity index (χ3n) is 3.59. The molecule has 1 aromatic carbocycles. The third kappa shape index (κ3) is 3.61. The molecule has 1 aromatic rings. The van der Waals surface area contributed by atoms with Crippen LogP contribution in [-0.4, -0.2) is 24.9 Å². The zero-order valence-corrected chi connectivity index (χ0v) is 11.5. The van der Waals surface area contributed by atoms with Crippen LogP contribution < -0.4 is 5.32 Å². The maximum Gasteiger partial charge on any atom is 0.134 e. The van der Waals surface area contributed by atoms with Crippen LogP contribution in [0, 0.1) is 5.41 Å². The molecule has 0 bridgehead atoms. The van der Waals surface area contributed by atoms with Gasteiger partial charge in [-0.05, 0) is 36.0 Å². The summed E-state index contributed by atoms with van der Waals surface area (Å²) >= 11 is 5.87. The van der Waals surface area contributed by atoms with Crippen LogP contribution in [-0.2, 0) is 11.3 Å². The maximum atomic E-state index is 9.35. The van der Waals surface area contributed by atoms with Gasteiger partial charge in [0, 0.05) is 26.3 Å². The zero-order chi connectivity index (χ0) is 13.0. The van der Waals surface area contributed by atoms with E-state index in [-0.39, 0.29) is 5.75 Å². The van der Waals surface area contributed by atoms with Gasteiger partial charge in [0.1, 0.15) is 5.75 Å². The number of phenolic OH excluding ortho intramolecular Hbond substituents is 1. The summed E-state index contributed by atoms with van der Waals surface area (Å²) in [5.74, 6) is 0.136. The van der Waals surface area contributed by atoms with Crippen LogP contribution >= 0.6 is 11.6 Å².